The monoisotopic (exact) mass is 191 g/mol. The van der Waals surface area contributed by atoms with Gasteiger partial charge in [0, 0.05) is 6.20 Å². The molecule has 0 aromatic carbocycles. The summed E-state index contributed by atoms with van der Waals surface area (Å²) in [6.07, 6.45) is 5.87. The molecule has 0 fully saturated rings. The topological polar surface area (TPSA) is 82.0 Å². The van der Waals surface area contributed by atoms with Crippen molar-refractivity contribution in [3.63, 3.8) is 0 Å². The lowest BCUT2D eigenvalue weighted by atomic mass is 9.89. The fourth-order valence-electron chi connectivity index (χ4n) is 2.00. The van der Waals surface area contributed by atoms with Crippen molar-refractivity contribution in [3.05, 3.63) is 22.9 Å². The number of hydrogen-bond acceptors (Lipinski definition) is 3. The van der Waals surface area contributed by atoms with E-state index in [0.717, 1.165) is 36.8 Å². The highest BCUT2D eigenvalue weighted by molar-refractivity contribution is 5.99. The van der Waals surface area contributed by atoms with E-state index in [1.807, 2.05) is 0 Å². The van der Waals surface area contributed by atoms with E-state index in [2.05, 4.69) is 4.98 Å². The van der Waals surface area contributed by atoms with E-state index < -0.39 is 5.91 Å². The first kappa shape index (κ1) is 8.99. The number of nitrogen functional groups attached to an aromatic ring is 1. The minimum atomic E-state index is -0.464. The lowest BCUT2D eigenvalue weighted by Crippen LogP contribution is -2.20. The smallest absolute Gasteiger partial charge is 0.252 e. The van der Waals surface area contributed by atoms with Crippen LogP contribution in [0.5, 0.6) is 0 Å². The fourth-order valence-corrected chi connectivity index (χ4v) is 2.00. The van der Waals surface area contributed by atoms with Gasteiger partial charge in [-0.1, -0.05) is 0 Å². The molecule has 0 atom stereocenters. The molecule has 1 aliphatic rings. The number of amides is 1. The number of rotatable bonds is 1. The molecule has 1 aromatic heterocycles. The van der Waals surface area contributed by atoms with Gasteiger partial charge in [0.25, 0.3) is 5.91 Å². The van der Waals surface area contributed by atoms with Gasteiger partial charge in [-0.05, 0) is 36.8 Å². The highest BCUT2D eigenvalue weighted by atomic mass is 16.1. The van der Waals surface area contributed by atoms with Crippen LogP contribution in [-0.4, -0.2) is 10.9 Å². The maximum absolute atomic E-state index is 11.2. The van der Waals surface area contributed by atoms with Crippen LogP contribution in [0.4, 0.5) is 5.82 Å². The molecule has 1 aromatic rings. The Kier molecular flexibility index (Phi) is 2.11. The Morgan fingerprint density at radius 2 is 2.07 bits per heavy atom. The van der Waals surface area contributed by atoms with Crippen LogP contribution in [-0.2, 0) is 12.8 Å². The van der Waals surface area contributed by atoms with Crippen molar-refractivity contribution in [2.45, 2.75) is 25.7 Å². The minimum Gasteiger partial charge on any atom is -0.383 e. The van der Waals surface area contributed by atoms with Crippen molar-refractivity contribution in [2.75, 3.05) is 5.73 Å². The predicted molar refractivity (Wildman–Crippen MR) is 53.8 cm³/mol. The van der Waals surface area contributed by atoms with Gasteiger partial charge in [0.05, 0.1) is 5.56 Å². The Morgan fingerprint density at radius 1 is 1.36 bits per heavy atom. The number of aromatic nitrogens is 1. The summed E-state index contributed by atoms with van der Waals surface area (Å²) in [5.74, 6) is -0.202. The lowest BCUT2D eigenvalue weighted by molar-refractivity contribution is 0.0999. The molecule has 1 heterocycles. The van der Waals surface area contributed by atoms with Gasteiger partial charge < -0.3 is 11.5 Å². The van der Waals surface area contributed by atoms with Crippen LogP contribution in [0.2, 0.25) is 0 Å². The molecule has 0 spiro atoms. The van der Waals surface area contributed by atoms with Gasteiger partial charge in [0.15, 0.2) is 0 Å². The number of primary amides is 1. The van der Waals surface area contributed by atoms with Gasteiger partial charge in [-0.3, -0.25) is 4.79 Å². The second-order valence-corrected chi connectivity index (χ2v) is 3.59. The SMILES string of the molecule is NC(=O)c1c(N)ncc2c1CCCC2. The Hall–Kier alpha value is -1.58. The second-order valence-electron chi connectivity index (χ2n) is 3.59. The van der Waals surface area contributed by atoms with Crippen molar-refractivity contribution in [2.24, 2.45) is 5.73 Å². The Morgan fingerprint density at radius 3 is 2.79 bits per heavy atom. The molecule has 14 heavy (non-hydrogen) atoms. The summed E-state index contributed by atoms with van der Waals surface area (Å²) in [6.45, 7) is 0. The Balaban J connectivity index is 2.60. The number of fused-ring (bicyclic) bond motifs is 1. The number of aryl methyl sites for hydroxylation is 1. The number of nitrogens with two attached hydrogens (primary N) is 2. The van der Waals surface area contributed by atoms with E-state index in [-0.39, 0.29) is 5.82 Å². The van der Waals surface area contributed by atoms with Crippen LogP contribution < -0.4 is 11.5 Å². The number of pyridine rings is 1. The molecule has 2 rings (SSSR count). The normalized spacial score (nSPS) is 14.9. The zero-order valence-corrected chi connectivity index (χ0v) is 7.92. The standard InChI is InChI=1S/C10H13N3O/c11-9-8(10(12)14)7-4-2-1-3-6(7)5-13-9/h5H,1-4H2,(H2,11,13)(H2,12,14). The third kappa shape index (κ3) is 1.32. The summed E-state index contributed by atoms with van der Waals surface area (Å²) in [5, 5.41) is 0. The quantitative estimate of drug-likeness (QED) is 0.683. The van der Waals surface area contributed by atoms with Gasteiger partial charge in [-0.2, -0.15) is 0 Å². The van der Waals surface area contributed by atoms with Gasteiger partial charge in [-0.15, -0.1) is 0 Å². The molecular formula is C10H13N3O. The summed E-state index contributed by atoms with van der Waals surface area (Å²) in [4.78, 5) is 15.2. The van der Waals surface area contributed by atoms with Crippen molar-refractivity contribution in [3.8, 4) is 0 Å². The zero-order chi connectivity index (χ0) is 10.1. The van der Waals surface area contributed by atoms with Crippen LogP contribution in [0.25, 0.3) is 0 Å². The summed E-state index contributed by atoms with van der Waals surface area (Å²) >= 11 is 0. The van der Waals surface area contributed by atoms with Crippen LogP contribution in [0.3, 0.4) is 0 Å². The number of hydrogen-bond donors (Lipinski definition) is 2. The van der Waals surface area contributed by atoms with Gasteiger partial charge in [0.2, 0.25) is 0 Å². The van der Waals surface area contributed by atoms with E-state index in [1.165, 1.54) is 0 Å². The largest absolute Gasteiger partial charge is 0.383 e. The number of nitrogens with zero attached hydrogens (tertiary/aromatic N) is 1. The van der Waals surface area contributed by atoms with Gasteiger partial charge in [-0.25, -0.2) is 4.98 Å². The maximum Gasteiger partial charge on any atom is 0.252 e. The molecule has 4 heteroatoms. The highest BCUT2D eigenvalue weighted by Gasteiger charge is 2.19. The molecule has 74 valence electrons. The van der Waals surface area contributed by atoms with E-state index in [0.29, 0.717) is 5.56 Å². The molecule has 0 saturated carbocycles. The summed E-state index contributed by atoms with van der Waals surface area (Å²) in [6, 6.07) is 0. The Bertz CT molecular complexity index is 387. The first-order valence-corrected chi connectivity index (χ1v) is 4.76. The molecule has 1 aliphatic carbocycles. The third-order valence-corrected chi connectivity index (χ3v) is 2.67. The average molecular weight is 191 g/mol. The van der Waals surface area contributed by atoms with Crippen molar-refractivity contribution >= 4 is 11.7 Å². The molecule has 0 bridgehead atoms. The Labute approximate surface area is 82.3 Å². The number of anilines is 1. The molecular weight excluding hydrogens is 178 g/mol. The second kappa shape index (κ2) is 3.29. The summed E-state index contributed by atoms with van der Waals surface area (Å²) in [7, 11) is 0. The molecule has 0 unspecified atom stereocenters. The molecule has 0 radical (unpaired) electrons. The molecule has 1 amide bonds. The van der Waals surface area contributed by atoms with E-state index in [1.54, 1.807) is 6.20 Å². The van der Waals surface area contributed by atoms with Crippen molar-refractivity contribution in [1.29, 1.82) is 0 Å². The molecule has 0 aliphatic heterocycles. The molecule has 4 N–H and O–H groups in total. The van der Waals surface area contributed by atoms with Gasteiger partial charge >= 0.3 is 0 Å². The van der Waals surface area contributed by atoms with E-state index >= 15 is 0 Å². The zero-order valence-electron chi connectivity index (χ0n) is 7.92. The number of carbonyl (C=O) groups is 1. The van der Waals surface area contributed by atoms with E-state index in [9.17, 15) is 4.79 Å². The van der Waals surface area contributed by atoms with Crippen LogP contribution in [0.15, 0.2) is 6.20 Å². The third-order valence-electron chi connectivity index (χ3n) is 2.67. The van der Waals surface area contributed by atoms with Crippen molar-refractivity contribution in [1.82, 2.24) is 4.98 Å². The van der Waals surface area contributed by atoms with E-state index in [4.69, 9.17) is 11.5 Å². The minimum absolute atomic E-state index is 0.262. The average Bonchev–Trinajstić information content (AvgIpc) is 2.17. The van der Waals surface area contributed by atoms with Crippen molar-refractivity contribution < 1.29 is 4.79 Å². The van der Waals surface area contributed by atoms with Crippen LogP contribution in [0, 0.1) is 0 Å². The first-order chi connectivity index (χ1) is 6.70. The first-order valence-electron chi connectivity index (χ1n) is 4.76. The summed E-state index contributed by atoms with van der Waals surface area (Å²) in [5.41, 5.74) is 13.5. The highest BCUT2D eigenvalue weighted by Crippen LogP contribution is 2.26. The van der Waals surface area contributed by atoms with Gasteiger partial charge in [0.1, 0.15) is 5.82 Å². The maximum atomic E-state index is 11.2. The predicted octanol–water partition coefficient (Wildman–Crippen LogP) is 0.641. The molecule has 0 saturated heterocycles. The summed E-state index contributed by atoms with van der Waals surface area (Å²) < 4.78 is 0. The van der Waals surface area contributed by atoms with Crippen LogP contribution in [0.1, 0.15) is 34.3 Å². The molecule has 4 nitrogen and oxygen atoms in total. The van der Waals surface area contributed by atoms with Crippen LogP contribution >= 0.6 is 0 Å². The fraction of sp³-hybridized carbons (Fsp3) is 0.400. The number of carbonyl (C=O) groups excluding carboxylic acids is 1. The lowest BCUT2D eigenvalue weighted by Gasteiger charge is -2.18.